The van der Waals surface area contributed by atoms with Crippen LogP contribution in [0.5, 0.6) is 0 Å². The minimum atomic E-state index is -0.757. The smallest absolute Gasteiger partial charge is 0.298 e. The quantitative estimate of drug-likeness (QED) is 0.389. The van der Waals surface area contributed by atoms with Crippen LogP contribution in [0.4, 0.5) is 16.2 Å². The maximum atomic E-state index is 11.4. The number of non-ortho nitro benzene ring substituents is 1. The zero-order valence-electron chi connectivity index (χ0n) is 11.3. The Hall–Kier alpha value is -2.09. The van der Waals surface area contributed by atoms with Crippen molar-refractivity contribution in [2.75, 3.05) is 11.6 Å². The van der Waals surface area contributed by atoms with Crippen LogP contribution in [-0.4, -0.2) is 28.2 Å². The molecule has 0 aliphatic rings. The molecular formula is C12H15N3O4S. The third kappa shape index (κ3) is 5.27. The van der Waals surface area contributed by atoms with Gasteiger partial charge in [0.05, 0.1) is 11.1 Å². The van der Waals surface area contributed by atoms with Gasteiger partial charge in [-0.05, 0) is 32.2 Å². The Labute approximate surface area is 120 Å². The van der Waals surface area contributed by atoms with Crippen molar-refractivity contribution in [2.24, 2.45) is 5.16 Å². The highest BCUT2D eigenvalue weighted by Gasteiger charge is 2.13. The third-order valence-corrected chi connectivity index (χ3v) is 3.51. The number of hydrogen-bond acceptors (Lipinski definition) is 6. The van der Waals surface area contributed by atoms with Crippen molar-refractivity contribution < 1.29 is 14.6 Å². The van der Waals surface area contributed by atoms with Crippen LogP contribution in [0.3, 0.4) is 0 Å². The Morgan fingerprint density at radius 1 is 1.45 bits per heavy atom. The third-order valence-electron chi connectivity index (χ3n) is 2.35. The molecule has 0 bridgehead atoms. The first kappa shape index (κ1) is 16.0. The molecule has 0 aromatic heterocycles. The summed E-state index contributed by atoms with van der Waals surface area (Å²) in [7, 11) is 0. The first-order valence-corrected chi connectivity index (χ1v) is 6.88. The van der Waals surface area contributed by atoms with Gasteiger partial charge in [-0.15, -0.1) is 0 Å². The lowest BCUT2D eigenvalue weighted by Gasteiger charge is -2.13. The van der Waals surface area contributed by atoms with Gasteiger partial charge in [0.25, 0.3) is 5.69 Å². The Bertz CT molecular complexity index is 514. The second kappa shape index (κ2) is 6.90. The summed E-state index contributed by atoms with van der Waals surface area (Å²) in [6.45, 7) is 3.86. The SMILES string of the molecule is CSC(C)(C)/C=N/OC(=O)Nc1ccc([N+](=O)[O-])cc1. The van der Waals surface area contributed by atoms with Crippen LogP contribution in [0.15, 0.2) is 29.4 Å². The van der Waals surface area contributed by atoms with E-state index >= 15 is 0 Å². The predicted octanol–water partition coefficient (Wildman–Crippen LogP) is 3.27. The van der Waals surface area contributed by atoms with Crippen LogP contribution in [0, 0.1) is 10.1 Å². The van der Waals surface area contributed by atoms with Gasteiger partial charge in [-0.2, -0.15) is 11.8 Å². The van der Waals surface area contributed by atoms with Gasteiger partial charge in [-0.25, -0.2) is 4.79 Å². The highest BCUT2D eigenvalue weighted by molar-refractivity contribution is 8.00. The lowest BCUT2D eigenvalue weighted by atomic mass is 10.2. The molecule has 1 aromatic carbocycles. The van der Waals surface area contributed by atoms with Gasteiger partial charge in [-0.3, -0.25) is 20.3 Å². The van der Waals surface area contributed by atoms with Gasteiger partial charge in [0.2, 0.25) is 0 Å². The van der Waals surface area contributed by atoms with E-state index in [1.807, 2.05) is 20.1 Å². The summed E-state index contributed by atoms with van der Waals surface area (Å²) in [5.41, 5.74) is 0.337. The molecule has 108 valence electrons. The van der Waals surface area contributed by atoms with Gasteiger partial charge < -0.3 is 0 Å². The maximum Gasteiger partial charge on any atom is 0.437 e. The molecule has 0 radical (unpaired) electrons. The fraction of sp³-hybridized carbons (Fsp3) is 0.333. The molecule has 0 aliphatic carbocycles. The molecule has 8 heteroatoms. The second-order valence-electron chi connectivity index (χ2n) is 4.35. The number of amides is 1. The molecule has 1 rings (SSSR count). The van der Waals surface area contributed by atoms with Crippen LogP contribution < -0.4 is 5.32 Å². The number of anilines is 1. The van der Waals surface area contributed by atoms with Crippen molar-refractivity contribution in [1.82, 2.24) is 0 Å². The Kier molecular flexibility index (Phi) is 5.51. The van der Waals surface area contributed by atoms with Crippen LogP contribution in [0.25, 0.3) is 0 Å². The monoisotopic (exact) mass is 297 g/mol. The highest BCUT2D eigenvalue weighted by atomic mass is 32.2. The Balaban J connectivity index is 2.52. The van der Waals surface area contributed by atoms with E-state index in [0.29, 0.717) is 5.69 Å². The molecule has 0 atom stereocenters. The highest BCUT2D eigenvalue weighted by Crippen LogP contribution is 2.18. The summed E-state index contributed by atoms with van der Waals surface area (Å²) in [5.74, 6) is 0. The van der Waals surface area contributed by atoms with Gasteiger partial charge in [0, 0.05) is 22.6 Å². The fourth-order valence-electron chi connectivity index (χ4n) is 1.06. The number of carbonyl (C=O) groups is 1. The molecule has 1 aromatic rings. The Morgan fingerprint density at radius 2 is 2.05 bits per heavy atom. The number of nitrogens with zero attached hydrogens (tertiary/aromatic N) is 2. The average molecular weight is 297 g/mol. The lowest BCUT2D eigenvalue weighted by Crippen LogP contribution is -2.17. The zero-order valence-corrected chi connectivity index (χ0v) is 12.1. The second-order valence-corrected chi connectivity index (χ2v) is 5.81. The van der Waals surface area contributed by atoms with Crippen molar-refractivity contribution in [1.29, 1.82) is 0 Å². The van der Waals surface area contributed by atoms with E-state index in [2.05, 4.69) is 15.3 Å². The standard InChI is InChI=1S/C12H15N3O4S/c1-12(2,20-3)8-13-19-11(16)14-9-4-6-10(7-5-9)15(17)18/h4-8H,1-3H3,(H,14,16)/b13-8+. The van der Waals surface area contributed by atoms with Crippen LogP contribution >= 0.6 is 11.8 Å². The fourth-order valence-corrected chi connectivity index (χ4v) is 1.21. The lowest BCUT2D eigenvalue weighted by molar-refractivity contribution is -0.384. The molecule has 0 saturated heterocycles. The van der Waals surface area contributed by atoms with E-state index in [-0.39, 0.29) is 10.4 Å². The molecule has 0 fully saturated rings. The molecule has 0 spiro atoms. The van der Waals surface area contributed by atoms with Crippen molar-refractivity contribution in [3.63, 3.8) is 0 Å². The van der Waals surface area contributed by atoms with E-state index < -0.39 is 11.0 Å². The number of nitrogens with one attached hydrogen (secondary N) is 1. The van der Waals surface area contributed by atoms with Gasteiger partial charge >= 0.3 is 6.09 Å². The summed E-state index contributed by atoms with van der Waals surface area (Å²) < 4.78 is -0.229. The molecule has 1 N–H and O–H groups in total. The summed E-state index contributed by atoms with van der Waals surface area (Å²) in [4.78, 5) is 26.0. The molecule has 20 heavy (non-hydrogen) atoms. The van der Waals surface area contributed by atoms with Gasteiger partial charge in [-0.1, -0.05) is 5.16 Å². The number of hydrogen-bond donors (Lipinski definition) is 1. The maximum absolute atomic E-state index is 11.4. The normalized spacial score (nSPS) is 11.3. The summed E-state index contributed by atoms with van der Waals surface area (Å²) >= 11 is 1.56. The largest absolute Gasteiger partial charge is 0.437 e. The van der Waals surface area contributed by atoms with Gasteiger partial charge in [0.1, 0.15) is 0 Å². The van der Waals surface area contributed by atoms with Crippen molar-refractivity contribution in [3.05, 3.63) is 34.4 Å². The van der Waals surface area contributed by atoms with E-state index in [4.69, 9.17) is 0 Å². The number of carbonyl (C=O) groups excluding carboxylic acids is 1. The van der Waals surface area contributed by atoms with E-state index in [1.165, 1.54) is 30.5 Å². The van der Waals surface area contributed by atoms with E-state index in [1.54, 1.807) is 11.8 Å². The first-order valence-electron chi connectivity index (χ1n) is 5.66. The first-order chi connectivity index (χ1) is 9.34. The molecule has 0 unspecified atom stereocenters. The summed E-state index contributed by atoms with van der Waals surface area (Å²) in [6, 6.07) is 5.40. The van der Waals surface area contributed by atoms with Gasteiger partial charge in [0.15, 0.2) is 0 Å². The molecule has 0 heterocycles. The minimum absolute atomic E-state index is 0.0522. The Morgan fingerprint density at radius 3 is 2.55 bits per heavy atom. The van der Waals surface area contributed by atoms with Crippen molar-refractivity contribution in [2.45, 2.75) is 18.6 Å². The van der Waals surface area contributed by atoms with Crippen molar-refractivity contribution in [3.8, 4) is 0 Å². The predicted molar refractivity (Wildman–Crippen MR) is 79.3 cm³/mol. The van der Waals surface area contributed by atoms with Crippen LogP contribution in [-0.2, 0) is 4.84 Å². The number of benzene rings is 1. The van der Waals surface area contributed by atoms with Crippen molar-refractivity contribution >= 4 is 35.4 Å². The summed E-state index contributed by atoms with van der Waals surface area (Å²) in [6.07, 6.45) is 2.68. The van der Waals surface area contributed by atoms with E-state index in [0.717, 1.165) is 0 Å². The molecule has 1 amide bonds. The summed E-state index contributed by atoms with van der Waals surface area (Å²) in [5, 5.41) is 16.5. The van der Waals surface area contributed by atoms with Crippen LogP contribution in [0.2, 0.25) is 0 Å². The van der Waals surface area contributed by atoms with Crippen LogP contribution in [0.1, 0.15) is 13.8 Å². The molecule has 7 nitrogen and oxygen atoms in total. The number of nitro benzene ring substituents is 1. The molecule has 0 saturated carbocycles. The average Bonchev–Trinajstić information content (AvgIpc) is 2.39. The topological polar surface area (TPSA) is 93.8 Å². The minimum Gasteiger partial charge on any atom is -0.298 e. The molecular weight excluding hydrogens is 282 g/mol. The number of thioether (sulfide) groups is 1. The number of nitro groups is 1. The van der Waals surface area contributed by atoms with E-state index in [9.17, 15) is 14.9 Å². The number of oxime groups is 1. The zero-order chi connectivity index (χ0) is 15.2. The molecule has 0 aliphatic heterocycles. The number of rotatable bonds is 5.